The van der Waals surface area contributed by atoms with Crippen molar-refractivity contribution in [2.75, 3.05) is 6.54 Å². The lowest BCUT2D eigenvalue weighted by Crippen LogP contribution is -2.24. The number of ether oxygens (including phenoxy) is 1. The summed E-state index contributed by atoms with van der Waals surface area (Å²) in [6.07, 6.45) is 6.36. The second-order valence-electron chi connectivity index (χ2n) is 4.86. The maximum atomic E-state index is 13.5. The van der Waals surface area contributed by atoms with E-state index in [1.54, 1.807) is 30.6 Å². The standard InChI is InChI=1S/C15H16FN3O/c16-13-5-1-2-6-14(13)20-12-9-18-15(19-10-12)8-11-4-3-7-17-11/h1-2,5-6,9-11,17H,3-4,7-8H2. The minimum absolute atomic E-state index is 0.182. The maximum absolute atomic E-state index is 13.5. The first kappa shape index (κ1) is 13.0. The average molecular weight is 273 g/mol. The Kier molecular flexibility index (Phi) is 3.87. The molecule has 2 aromatic rings. The van der Waals surface area contributed by atoms with Crippen LogP contribution in [-0.2, 0) is 6.42 Å². The molecule has 0 spiro atoms. The number of para-hydroxylation sites is 1. The van der Waals surface area contributed by atoms with E-state index in [2.05, 4.69) is 15.3 Å². The lowest BCUT2D eigenvalue weighted by Gasteiger charge is -2.09. The first-order valence-corrected chi connectivity index (χ1v) is 6.78. The number of hydrogen-bond donors (Lipinski definition) is 1. The molecule has 5 heteroatoms. The van der Waals surface area contributed by atoms with E-state index in [1.165, 1.54) is 12.5 Å². The summed E-state index contributed by atoms with van der Waals surface area (Å²) in [4.78, 5) is 8.54. The Morgan fingerprint density at radius 2 is 2.05 bits per heavy atom. The Balaban J connectivity index is 1.65. The van der Waals surface area contributed by atoms with E-state index in [0.717, 1.165) is 25.2 Å². The molecule has 1 atom stereocenters. The average Bonchev–Trinajstić information content (AvgIpc) is 2.96. The molecule has 0 aliphatic carbocycles. The molecule has 1 unspecified atom stereocenters. The van der Waals surface area contributed by atoms with Gasteiger partial charge < -0.3 is 10.1 Å². The molecule has 1 fully saturated rings. The summed E-state index contributed by atoms with van der Waals surface area (Å²) < 4.78 is 18.9. The Morgan fingerprint density at radius 1 is 1.25 bits per heavy atom. The fraction of sp³-hybridized carbons (Fsp3) is 0.333. The van der Waals surface area contributed by atoms with E-state index >= 15 is 0 Å². The van der Waals surface area contributed by atoms with E-state index in [1.807, 2.05) is 0 Å². The van der Waals surface area contributed by atoms with Crippen molar-refractivity contribution in [3.8, 4) is 11.5 Å². The van der Waals surface area contributed by atoms with Crippen molar-refractivity contribution in [3.63, 3.8) is 0 Å². The molecule has 3 rings (SSSR count). The van der Waals surface area contributed by atoms with Crippen molar-refractivity contribution in [1.29, 1.82) is 0 Å². The predicted molar refractivity (Wildman–Crippen MR) is 73.2 cm³/mol. The second kappa shape index (κ2) is 5.96. The third kappa shape index (κ3) is 3.11. The van der Waals surface area contributed by atoms with Crippen molar-refractivity contribution in [1.82, 2.24) is 15.3 Å². The van der Waals surface area contributed by atoms with Crippen LogP contribution < -0.4 is 10.1 Å². The fourth-order valence-corrected chi connectivity index (χ4v) is 2.31. The smallest absolute Gasteiger partial charge is 0.165 e. The summed E-state index contributed by atoms with van der Waals surface area (Å²) in [5.41, 5.74) is 0. The molecule has 1 N–H and O–H groups in total. The van der Waals surface area contributed by atoms with Crippen LogP contribution in [0, 0.1) is 5.82 Å². The number of halogens is 1. The van der Waals surface area contributed by atoms with Gasteiger partial charge in [-0.2, -0.15) is 0 Å². The van der Waals surface area contributed by atoms with Gasteiger partial charge in [-0.25, -0.2) is 14.4 Å². The van der Waals surface area contributed by atoms with Crippen LogP contribution in [0.3, 0.4) is 0 Å². The number of benzene rings is 1. The Morgan fingerprint density at radius 3 is 2.75 bits per heavy atom. The van der Waals surface area contributed by atoms with Gasteiger partial charge >= 0.3 is 0 Å². The van der Waals surface area contributed by atoms with Crippen molar-refractivity contribution in [3.05, 3.63) is 48.3 Å². The van der Waals surface area contributed by atoms with Crippen LogP contribution in [-0.4, -0.2) is 22.6 Å². The van der Waals surface area contributed by atoms with Gasteiger partial charge in [0, 0.05) is 12.5 Å². The summed E-state index contributed by atoms with van der Waals surface area (Å²) in [5, 5.41) is 3.41. The lowest BCUT2D eigenvalue weighted by atomic mass is 10.1. The molecule has 1 saturated heterocycles. The minimum Gasteiger partial charge on any atom is -0.451 e. The van der Waals surface area contributed by atoms with Crippen LogP contribution in [0.1, 0.15) is 18.7 Å². The second-order valence-corrected chi connectivity index (χ2v) is 4.86. The first-order valence-electron chi connectivity index (χ1n) is 6.78. The monoisotopic (exact) mass is 273 g/mol. The molecule has 104 valence electrons. The molecule has 0 saturated carbocycles. The number of aromatic nitrogens is 2. The quantitative estimate of drug-likeness (QED) is 0.930. The molecule has 1 aromatic heterocycles. The topological polar surface area (TPSA) is 47.0 Å². The highest BCUT2D eigenvalue weighted by Crippen LogP contribution is 2.22. The van der Waals surface area contributed by atoms with Gasteiger partial charge in [-0.3, -0.25) is 0 Å². The third-order valence-corrected chi connectivity index (χ3v) is 3.34. The molecule has 20 heavy (non-hydrogen) atoms. The summed E-state index contributed by atoms with van der Waals surface area (Å²) in [6.45, 7) is 1.07. The molecule has 1 aliphatic heterocycles. The van der Waals surface area contributed by atoms with Crippen LogP contribution >= 0.6 is 0 Å². The summed E-state index contributed by atoms with van der Waals surface area (Å²) in [6, 6.07) is 6.74. The Hall–Kier alpha value is -2.01. The normalized spacial score (nSPS) is 18.1. The van der Waals surface area contributed by atoms with Gasteiger partial charge in [0.15, 0.2) is 17.3 Å². The van der Waals surface area contributed by atoms with Gasteiger partial charge in [0.25, 0.3) is 0 Å². The molecule has 1 aromatic carbocycles. The van der Waals surface area contributed by atoms with Crippen molar-refractivity contribution in [2.45, 2.75) is 25.3 Å². The van der Waals surface area contributed by atoms with Crippen LogP contribution in [0.5, 0.6) is 11.5 Å². The van der Waals surface area contributed by atoms with Crippen molar-refractivity contribution in [2.24, 2.45) is 0 Å². The van der Waals surface area contributed by atoms with Gasteiger partial charge in [0.1, 0.15) is 5.82 Å². The van der Waals surface area contributed by atoms with Crippen LogP contribution in [0.4, 0.5) is 4.39 Å². The zero-order valence-electron chi connectivity index (χ0n) is 11.1. The highest BCUT2D eigenvalue weighted by Gasteiger charge is 2.15. The lowest BCUT2D eigenvalue weighted by molar-refractivity contribution is 0.437. The van der Waals surface area contributed by atoms with Gasteiger partial charge in [-0.15, -0.1) is 0 Å². The van der Waals surface area contributed by atoms with E-state index < -0.39 is 5.82 Å². The highest BCUT2D eigenvalue weighted by molar-refractivity contribution is 5.29. The Labute approximate surface area is 117 Å². The van der Waals surface area contributed by atoms with E-state index in [0.29, 0.717) is 11.8 Å². The minimum atomic E-state index is -0.397. The predicted octanol–water partition coefficient (Wildman–Crippen LogP) is 2.70. The summed E-state index contributed by atoms with van der Waals surface area (Å²) in [5.74, 6) is 1.01. The van der Waals surface area contributed by atoms with Gasteiger partial charge in [0.05, 0.1) is 12.4 Å². The van der Waals surface area contributed by atoms with Crippen LogP contribution in [0.15, 0.2) is 36.7 Å². The fourth-order valence-electron chi connectivity index (χ4n) is 2.31. The molecule has 1 aliphatic rings. The van der Waals surface area contributed by atoms with E-state index in [9.17, 15) is 4.39 Å². The largest absolute Gasteiger partial charge is 0.451 e. The number of nitrogens with one attached hydrogen (secondary N) is 1. The number of hydrogen-bond acceptors (Lipinski definition) is 4. The number of nitrogens with zero attached hydrogens (tertiary/aromatic N) is 2. The maximum Gasteiger partial charge on any atom is 0.165 e. The summed E-state index contributed by atoms with van der Waals surface area (Å²) in [7, 11) is 0. The SMILES string of the molecule is Fc1ccccc1Oc1cnc(CC2CCCN2)nc1. The van der Waals surface area contributed by atoms with E-state index in [-0.39, 0.29) is 5.75 Å². The zero-order valence-corrected chi connectivity index (χ0v) is 11.1. The molecule has 2 heterocycles. The molecule has 0 radical (unpaired) electrons. The van der Waals surface area contributed by atoms with E-state index in [4.69, 9.17) is 4.74 Å². The molecule has 0 bridgehead atoms. The third-order valence-electron chi connectivity index (χ3n) is 3.34. The molecular formula is C15H16FN3O. The zero-order chi connectivity index (χ0) is 13.8. The Bertz CT molecular complexity index is 568. The first-order chi connectivity index (χ1) is 9.81. The van der Waals surface area contributed by atoms with Crippen molar-refractivity contribution >= 4 is 0 Å². The number of rotatable bonds is 4. The van der Waals surface area contributed by atoms with Crippen LogP contribution in [0.2, 0.25) is 0 Å². The molecule has 0 amide bonds. The molecular weight excluding hydrogens is 257 g/mol. The summed E-state index contributed by atoms with van der Waals surface area (Å²) >= 11 is 0. The van der Waals surface area contributed by atoms with Gasteiger partial charge in [-0.05, 0) is 31.5 Å². The van der Waals surface area contributed by atoms with Crippen molar-refractivity contribution < 1.29 is 9.13 Å². The van der Waals surface area contributed by atoms with Crippen LogP contribution in [0.25, 0.3) is 0 Å². The highest BCUT2D eigenvalue weighted by atomic mass is 19.1. The van der Waals surface area contributed by atoms with Gasteiger partial charge in [-0.1, -0.05) is 12.1 Å². The molecule has 4 nitrogen and oxygen atoms in total. The van der Waals surface area contributed by atoms with Gasteiger partial charge in [0.2, 0.25) is 0 Å².